The van der Waals surface area contributed by atoms with E-state index in [1.54, 1.807) is 0 Å². The molecule has 0 saturated heterocycles. The Labute approximate surface area is 85.4 Å². The number of carbonyl (C=O) groups excluding carboxylic acids is 2. The van der Waals surface area contributed by atoms with Gasteiger partial charge in [0.25, 0.3) is 0 Å². The summed E-state index contributed by atoms with van der Waals surface area (Å²) in [5.41, 5.74) is 0. The van der Waals surface area contributed by atoms with Crippen molar-refractivity contribution in [1.29, 1.82) is 0 Å². The fraction of sp³-hybridized carbons (Fsp3) is 0.750. The molecule has 0 rings (SSSR count). The van der Waals surface area contributed by atoms with Crippen molar-refractivity contribution in [3.05, 3.63) is 0 Å². The molecule has 0 aromatic rings. The molecule has 0 bridgehead atoms. The van der Waals surface area contributed by atoms with Crippen molar-refractivity contribution in [2.45, 2.75) is 19.5 Å². The smallest absolute Gasteiger partial charge is 0.355 e. The molecule has 0 fully saturated rings. The van der Waals surface area contributed by atoms with E-state index in [9.17, 15) is 22.8 Å². The third kappa shape index (κ3) is 5.24. The Morgan fingerprint density at radius 2 is 1.87 bits per heavy atom. The van der Waals surface area contributed by atoms with Gasteiger partial charge in [-0.2, -0.15) is 13.2 Å². The SMILES string of the molecule is CCCNC(=O)CN(C)C(=O)C(F)(F)F. The molecule has 0 heterocycles. The van der Waals surface area contributed by atoms with Crippen LogP contribution < -0.4 is 5.32 Å². The van der Waals surface area contributed by atoms with E-state index in [2.05, 4.69) is 5.32 Å². The van der Waals surface area contributed by atoms with Gasteiger partial charge in [-0.25, -0.2) is 0 Å². The van der Waals surface area contributed by atoms with Gasteiger partial charge in [-0.05, 0) is 6.42 Å². The normalized spacial score (nSPS) is 11.0. The van der Waals surface area contributed by atoms with Gasteiger partial charge in [-0.15, -0.1) is 0 Å². The zero-order chi connectivity index (χ0) is 12.1. The van der Waals surface area contributed by atoms with E-state index < -0.39 is 24.5 Å². The molecule has 0 unspecified atom stereocenters. The van der Waals surface area contributed by atoms with Crippen molar-refractivity contribution >= 4 is 11.8 Å². The summed E-state index contributed by atoms with van der Waals surface area (Å²) in [6.45, 7) is 1.61. The maximum absolute atomic E-state index is 11.9. The van der Waals surface area contributed by atoms with Gasteiger partial charge in [0.1, 0.15) is 0 Å². The summed E-state index contributed by atoms with van der Waals surface area (Å²) < 4.78 is 35.6. The van der Waals surface area contributed by atoms with Gasteiger partial charge in [0.05, 0.1) is 6.54 Å². The molecule has 15 heavy (non-hydrogen) atoms. The van der Waals surface area contributed by atoms with Gasteiger partial charge in [0, 0.05) is 13.6 Å². The van der Waals surface area contributed by atoms with Crippen LogP contribution in [0.3, 0.4) is 0 Å². The fourth-order valence-corrected chi connectivity index (χ4v) is 0.824. The van der Waals surface area contributed by atoms with Crippen molar-refractivity contribution in [1.82, 2.24) is 10.2 Å². The first kappa shape index (κ1) is 13.7. The maximum Gasteiger partial charge on any atom is 0.471 e. The van der Waals surface area contributed by atoms with E-state index in [4.69, 9.17) is 0 Å². The third-order valence-corrected chi connectivity index (χ3v) is 1.54. The number of rotatable bonds is 4. The molecule has 2 amide bonds. The Balaban J connectivity index is 4.08. The lowest BCUT2D eigenvalue weighted by molar-refractivity contribution is -0.184. The molecule has 0 atom stereocenters. The molecule has 0 spiro atoms. The first-order chi connectivity index (χ1) is 6.79. The van der Waals surface area contributed by atoms with Crippen molar-refractivity contribution in [2.75, 3.05) is 20.1 Å². The van der Waals surface area contributed by atoms with E-state index in [1.807, 2.05) is 6.92 Å². The van der Waals surface area contributed by atoms with E-state index in [1.165, 1.54) is 0 Å². The lowest BCUT2D eigenvalue weighted by Crippen LogP contribution is -2.44. The van der Waals surface area contributed by atoms with Crippen LogP contribution in [0.2, 0.25) is 0 Å². The van der Waals surface area contributed by atoms with Crippen molar-refractivity contribution in [3.63, 3.8) is 0 Å². The number of nitrogens with zero attached hydrogens (tertiary/aromatic N) is 1. The van der Waals surface area contributed by atoms with E-state index in [0.717, 1.165) is 7.05 Å². The van der Waals surface area contributed by atoms with Gasteiger partial charge < -0.3 is 10.2 Å². The highest BCUT2D eigenvalue weighted by Crippen LogP contribution is 2.17. The molecule has 0 radical (unpaired) electrons. The van der Waals surface area contributed by atoms with Crippen LogP contribution in [0, 0.1) is 0 Å². The fourth-order valence-electron chi connectivity index (χ4n) is 0.824. The largest absolute Gasteiger partial charge is 0.471 e. The second-order valence-electron chi connectivity index (χ2n) is 3.01. The topological polar surface area (TPSA) is 49.4 Å². The highest BCUT2D eigenvalue weighted by Gasteiger charge is 2.41. The molecule has 0 aromatic heterocycles. The second-order valence-corrected chi connectivity index (χ2v) is 3.01. The summed E-state index contributed by atoms with van der Waals surface area (Å²) >= 11 is 0. The number of hydrogen-bond donors (Lipinski definition) is 1. The first-order valence-electron chi connectivity index (χ1n) is 4.38. The van der Waals surface area contributed by atoms with Crippen molar-refractivity contribution in [2.24, 2.45) is 0 Å². The summed E-state index contributed by atoms with van der Waals surface area (Å²) in [6.07, 6.45) is -4.25. The standard InChI is InChI=1S/C8H13F3N2O2/c1-3-4-12-6(14)5-13(2)7(15)8(9,10)11/h3-5H2,1-2H3,(H,12,14). The molecule has 1 N–H and O–H groups in total. The van der Waals surface area contributed by atoms with Crippen LogP contribution in [0.25, 0.3) is 0 Å². The first-order valence-corrected chi connectivity index (χ1v) is 4.38. The Hall–Kier alpha value is -1.27. The Bertz CT molecular complexity index is 241. The minimum atomic E-state index is -4.93. The van der Waals surface area contributed by atoms with Crippen LogP contribution in [0.4, 0.5) is 13.2 Å². The van der Waals surface area contributed by atoms with Crippen LogP contribution in [-0.2, 0) is 9.59 Å². The van der Waals surface area contributed by atoms with Crippen molar-refractivity contribution in [3.8, 4) is 0 Å². The summed E-state index contributed by atoms with van der Waals surface area (Å²) in [5.74, 6) is -2.62. The van der Waals surface area contributed by atoms with Crippen molar-refractivity contribution < 1.29 is 22.8 Å². The zero-order valence-corrected chi connectivity index (χ0v) is 8.52. The minimum Gasteiger partial charge on any atom is -0.355 e. The molecule has 88 valence electrons. The quantitative estimate of drug-likeness (QED) is 0.760. The summed E-state index contributed by atoms with van der Waals surface area (Å²) in [5, 5.41) is 2.37. The molecule has 7 heteroatoms. The van der Waals surface area contributed by atoms with Gasteiger partial charge >= 0.3 is 12.1 Å². The number of alkyl halides is 3. The van der Waals surface area contributed by atoms with Crippen LogP contribution in [0.1, 0.15) is 13.3 Å². The monoisotopic (exact) mass is 226 g/mol. The molecule has 0 aliphatic carbocycles. The molecule has 0 aliphatic heterocycles. The van der Waals surface area contributed by atoms with Gasteiger partial charge in [-0.1, -0.05) is 6.92 Å². The number of hydrogen-bond acceptors (Lipinski definition) is 2. The average Bonchev–Trinajstić information content (AvgIpc) is 2.11. The van der Waals surface area contributed by atoms with Crippen LogP contribution >= 0.6 is 0 Å². The second kappa shape index (κ2) is 5.57. The lowest BCUT2D eigenvalue weighted by atomic mass is 10.4. The summed E-state index contributed by atoms with van der Waals surface area (Å²) in [7, 11) is 0.932. The minimum absolute atomic E-state index is 0.338. The van der Waals surface area contributed by atoms with E-state index >= 15 is 0 Å². The summed E-state index contributed by atoms with van der Waals surface area (Å²) in [6, 6.07) is 0. The highest BCUT2D eigenvalue weighted by atomic mass is 19.4. The highest BCUT2D eigenvalue weighted by molar-refractivity contribution is 5.87. The Morgan fingerprint density at radius 1 is 1.33 bits per heavy atom. The number of halogens is 3. The van der Waals surface area contributed by atoms with Gasteiger partial charge in [0.2, 0.25) is 5.91 Å². The number of nitrogens with one attached hydrogen (secondary N) is 1. The molecule has 0 aliphatic rings. The zero-order valence-electron chi connectivity index (χ0n) is 8.52. The van der Waals surface area contributed by atoms with E-state index in [0.29, 0.717) is 17.9 Å². The van der Waals surface area contributed by atoms with Gasteiger partial charge in [-0.3, -0.25) is 9.59 Å². The molecule has 0 aromatic carbocycles. The van der Waals surface area contributed by atoms with Crippen LogP contribution in [-0.4, -0.2) is 43.0 Å². The average molecular weight is 226 g/mol. The lowest BCUT2D eigenvalue weighted by Gasteiger charge is -2.17. The Kier molecular flexibility index (Phi) is 5.10. The van der Waals surface area contributed by atoms with E-state index in [-0.39, 0.29) is 0 Å². The van der Waals surface area contributed by atoms with Crippen LogP contribution in [0.15, 0.2) is 0 Å². The predicted molar refractivity (Wildman–Crippen MR) is 47.0 cm³/mol. The summed E-state index contributed by atoms with van der Waals surface area (Å²) in [4.78, 5) is 21.9. The maximum atomic E-state index is 11.9. The number of amides is 2. The van der Waals surface area contributed by atoms with Crippen LogP contribution in [0.5, 0.6) is 0 Å². The molecule has 0 saturated carbocycles. The molecular formula is C8H13F3N2O2. The Morgan fingerprint density at radius 3 is 2.27 bits per heavy atom. The third-order valence-electron chi connectivity index (χ3n) is 1.54. The number of carbonyl (C=O) groups is 2. The number of likely N-dealkylation sites (N-methyl/N-ethyl adjacent to an activating group) is 1. The molecular weight excluding hydrogens is 213 g/mol. The molecule has 4 nitrogen and oxygen atoms in total. The predicted octanol–water partition coefficient (Wildman–Crippen LogP) is 0.533. The van der Waals surface area contributed by atoms with Gasteiger partial charge in [0.15, 0.2) is 0 Å².